The molecule has 1 heterocycles. The van der Waals surface area contributed by atoms with Gasteiger partial charge in [-0.1, -0.05) is 30.6 Å². The van der Waals surface area contributed by atoms with Crippen molar-refractivity contribution in [1.82, 2.24) is 9.24 Å². The van der Waals surface area contributed by atoms with Gasteiger partial charge in [-0.25, -0.2) is 0 Å². The van der Waals surface area contributed by atoms with Gasteiger partial charge in [0.05, 0.1) is 32.8 Å². The number of imidazole rings is 1. The van der Waals surface area contributed by atoms with Crippen molar-refractivity contribution in [3.8, 4) is 0 Å². The second-order valence-corrected chi connectivity index (χ2v) is 7.76. The highest BCUT2D eigenvalue weighted by atomic mass is 16.6. The van der Waals surface area contributed by atoms with Crippen LogP contribution in [0.25, 0.3) is 11.0 Å². The zero-order valence-corrected chi connectivity index (χ0v) is 19.3. The minimum absolute atomic E-state index is 0.00156. The Morgan fingerprint density at radius 1 is 0.861 bits per heavy atom. The maximum absolute atomic E-state index is 10.9. The van der Waals surface area contributed by atoms with E-state index in [9.17, 15) is 20.2 Å². The number of nitro benzene ring substituents is 2. The Kier molecular flexibility index (Phi) is 7.34. The maximum Gasteiger partial charge on any atom is 0.269 e. The molecule has 0 unspecified atom stereocenters. The number of hydrogen-bond acceptors (Lipinski definition) is 7. The molecule has 12 heteroatoms. The summed E-state index contributed by atoms with van der Waals surface area (Å²) < 4.78 is 3.64. The number of unbranched alkanes of at least 4 members (excludes halogenated alkanes) is 1. The summed E-state index contributed by atoms with van der Waals surface area (Å²) in [6.07, 6.45) is 3.47. The molecule has 0 atom stereocenters. The third-order valence-corrected chi connectivity index (χ3v) is 5.35. The number of hydrogen-bond donors (Lipinski definition) is 0. The highest BCUT2D eigenvalue weighted by Gasteiger charge is 2.11. The van der Waals surface area contributed by atoms with Crippen molar-refractivity contribution >= 4 is 34.3 Å². The van der Waals surface area contributed by atoms with Gasteiger partial charge in [0, 0.05) is 30.8 Å². The number of aryl methyl sites for hydroxylation is 1. The van der Waals surface area contributed by atoms with Gasteiger partial charge in [0.15, 0.2) is 0 Å². The zero-order chi connectivity index (χ0) is 25.5. The Bertz CT molecular complexity index is 1520. The molecule has 0 saturated heterocycles. The average molecular weight is 486 g/mol. The third-order valence-electron chi connectivity index (χ3n) is 5.35. The lowest BCUT2D eigenvalue weighted by atomic mass is 10.2. The minimum Gasteiger partial charge on any atom is -0.307 e. The van der Waals surface area contributed by atoms with E-state index in [1.807, 2.05) is 28.8 Å². The summed E-state index contributed by atoms with van der Waals surface area (Å²) in [5.74, 6) is 0. The van der Waals surface area contributed by atoms with Gasteiger partial charge in [-0.2, -0.15) is 9.78 Å². The Balaban J connectivity index is 1.78. The fourth-order valence-corrected chi connectivity index (χ4v) is 3.51. The van der Waals surface area contributed by atoms with Crippen molar-refractivity contribution in [3.05, 3.63) is 104 Å². The highest BCUT2D eigenvalue weighted by molar-refractivity contribution is 5.81. The van der Waals surface area contributed by atoms with E-state index in [-0.39, 0.29) is 11.4 Å². The van der Waals surface area contributed by atoms with Gasteiger partial charge >= 0.3 is 0 Å². The number of aromatic nitrogens is 2. The first-order chi connectivity index (χ1) is 17.5. The molecule has 0 N–H and O–H groups in total. The van der Waals surface area contributed by atoms with Gasteiger partial charge in [-0.3, -0.25) is 20.2 Å². The number of nitro groups is 2. The first kappa shape index (κ1) is 24.1. The quantitative estimate of drug-likeness (QED) is 0.132. The molecular formula is C24H22N8O4. The number of para-hydroxylation sites is 2. The van der Waals surface area contributed by atoms with Crippen molar-refractivity contribution in [3.63, 3.8) is 0 Å². The molecule has 12 nitrogen and oxygen atoms in total. The number of benzene rings is 3. The second kappa shape index (κ2) is 11.0. The first-order valence-corrected chi connectivity index (χ1v) is 11.2. The van der Waals surface area contributed by atoms with Crippen LogP contribution in [0.5, 0.6) is 0 Å². The molecule has 3 aromatic carbocycles. The van der Waals surface area contributed by atoms with E-state index in [4.69, 9.17) is 0 Å². The molecular weight excluding hydrogens is 464 g/mol. The summed E-state index contributed by atoms with van der Waals surface area (Å²) in [5, 5.41) is 38.8. The summed E-state index contributed by atoms with van der Waals surface area (Å²) in [7, 11) is 0. The predicted molar refractivity (Wildman–Crippen MR) is 134 cm³/mol. The zero-order valence-electron chi connectivity index (χ0n) is 19.3. The molecule has 1 aromatic heterocycles. The van der Waals surface area contributed by atoms with Crippen molar-refractivity contribution < 1.29 is 9.85 Å². The van der Waals surface area contributed by atoms with E-state index >= 15 is 0 Å². The molecule has 0 spiro atoms. The van der Waals surface area contributed by atoms with Crippen LogP contribution in [0, 0.1) is 20.2 Å². The third kappa shape index (κ3) is 5.38. The van der Waals surface area contributed by atoms with Crippen molar-refractivity contribution in [2.45, 2.75) is 26.3 Å². The molecule has 0 bridgehead atoms. The molecule has 0 radical (unpaired) electrons. The lowest BCUT2D eigenvalue weighted by Gasteiger charge is -2.02. The summed E-state index contributed by atoms with van der Waals surface area (Å²) in [4.78, 5) is 20.8. The van der Waals surface area contributed by atoms with Gasteiger partial charge in [0.1, 0.15) is 0 Å². The van der Waals surface area contributed by atoms with Gasteiger partial charge in [-0.15, -0.1) is 5.11 Å². The Morgan fingerprint density at radius 3 is 2.08 bits per heavy atom. The molecule has 0 saturated carbocycles. The van der Waals surface area contributed by atoms with Crippen molar-refractivity contribution in [2.75, 3.05) is 0 Å². The van der Waals surface area contributed by atoms with Crippen LogP contribution < -0.4 is 5.62 Å². The summed E-state index contributed by atoms with van der Waals surface area (Å²) in [5.41, 5.74) is 3.21. The lowest BCUT2D eigenvalue weighted by molar-refractivity contribution is -0.385. The van der Waals surface area contributed by atoms with Crippen LogP contribution in [0.3, 0.4) is 0 Å². The first-order valence-electron chi connectivity index (χ1n) is 11.2. The fraction of sp³-hybridized carbons (Fsp3) is 0.167. The number of fused-ring (bicyclic) bond motifs is 1. The molecule has 182 valence electrons. The van der Waals surface area contributed by atoms with Crippen LogP contribution in [0.2, 0.25) is 0 Å². The van der Waals surface area contributed by atoms with Gasteiger partial charge in [0.25, 0.3) is 17.0 Å². The average Bonchev–Trinajstić information content (AvgIpc) is 3.19. The van der Waals surface area contributed by atoms with E-state index in [2.05, 4.69) is 27.5 Å². The highest BCUT2D eigenvalue weighted by Crippen LogP contribution is 2.18. The van der Waals surface area contributed by atoms with Crippen LogP contribution in [0.4, 0.5) is 17.1 Å². The summed E-state index contributed by atoms with van der Waals surface area (Å²) in [6, 6.07) is 19.4. The standard InChI is InChI=1S/C24H22N8O4/c1-2-3-16-29-22-6-4-5-7-23(22)30(25-17-18-8-12-20(13-9-18)31(33)34)24(29)27-28-26-19-10-14-21(15-11-19)32(35)36/h4-15,17H,2-3,16H2,1H3/b25-17+,27-24+,28-26?. The molecule has 0 aliphatic rings. The largest absolute Gasteiger partial charge is 0.307 e. The molecule has 4 aromatic rings. The summed E-state index contributed by atoms with van der Waals surface area (Å²) in [6.45, 7) is 2.78. The number of nitrogens with zero attached hydrogens (tertiary/aromatic N) is 8. The molecule has 4 rings (SSSR count). The molecule has 0 aliphatic carbocycles. The van der Waals surface area contributed by atoms with Gasteiger partial charge in [0.2, 0.25) is 0 Å². The predicted octanol–water partition coefficient (Wildman–Crippen LogP) is 5.54. The van der Waals surface area contributed by atoms with Crippen LogP contribution in [-0.2, 0) is 6.54 Å². The van der Waals surface area contributed by atoms with E-state index in [0.29, 0.717) is 23.4 Å². The lowest BCUT2D eigenvalue weighted by Crippen LogP contribution is -2.24. The van der Waals surface area contributed by atoms with E-state index in [0.717, 1.165) is 23.9 Å². The summed E-state index contributed by atoms with van der Waals surface area (Å²) >= 11 is 0. The second-order valence-electron chi connectivity index (χ2n) is 7.76. The smallest absolute Gasteiger partial charge is 0.269 e. The molecule has 0 amide bonds. The SMILES string of the molecule is CCCCn1/c(=N\N=Nc2ccc([N+](=O)[O-])cc2)n(/N=C/c2ccc([N+](=O)[O-])cc2)c2ccccc21. The van der Waals surface area contributed by atoms with Gasteiger partial charge < -0.3 is 4.57 Å². The van der Waals surface area contributed by atoms with Crippen LogP contribution in [-0.4, -0.2) is 25.3 Å². The Hall–Kier alpha value is -5.00. The fourth-order valence-electron chi connectivity index (χ4n) is 3.51. The Morgan fingerprint density at radius 2 is 1.47 bits per heavy atom. The monoisotopic (exact) mass is 486 g/mol. The van der Waals surface area contributed by atoms with Crippen LogP contribution in [0.1, 0.15) is 25.3 Å². The van der Waals surface area contributed by atoms with Crippen molar-refractivity contribution in [1.29, 1.82) is 0 Å². The number of rotatable bonds is 9. The van der Waals surface area contributed by atoms with Gasteiger partial charge in [-0.05, 0) is 53.6 Å². The van der Waals surface area contributed by atoms with E-state index in [1.165, 1.54) is 36.4 Å². The maximum atomic E-state index is 10.9. The Labute approximate surface area is 204 Å². The van der Waals surface area contributed by atoms with Crippen LogP contribution in [0.15, 0.2) is 93.3 Å². The minimum atomic E-state index is -0.483. The topological polar surface area (TPSA) is 146 Å². The molecule has 36 heavy (non-hydrogen) atoms. The van der Waals surface area contributed by atoms with Crippen molar-refractivity contribution in [2.24, 2.45) is 20.5 Å². The van der Waals surface area contributed by atoms with Crippen LogP contribution >= 0.6 is 0 Å². The van der Waals surface area contributed by atoms with E-state index < -0.39 is 9.85 Å². The molecule has 0 fully saturated rings. The van der Waals surface area contributed by atoms with E-state index in [1.54, 1.807) is 23.0 Å². The molecule has 0 aliphatic heterocycles. The number of non-ortho nitro benzene ring substituents is 2. The normalized spacial score (nSPS) is 12.2.